The number of benzene rings is 2. The minimum Gasteiger partial charge on any atom is -0.497 e. The van der Waals surface area contributed by atoms with E-state index in [9.17, 15) is 4.79 Å². The van der Waals surface area contributed by atoms with Crippen molar-refractivity contribution in [2.45, 2.75) is 32.7 Å². The van der Waals surface area contributed by atoms with Crippen molar-refractivity contribution in [3.8, 4) is 16.9 Å². The van der Waals surface area contributed by atoms with Crippen LogP contribution in [0.15, 0.2) is 47.5 Å². The summed E-state index contributed by atoms with van der Waals surface area (Å²) in [4.78, 5) is 17.9. The van der Waals surface area contributed by atoms with E-state index in [2.05, 4.69) is 36.6 Å². The van der Waals surface area contributed by atoms with Crippen molar-refractivity contribution in [2.24, 2.45) is 4.99 Å². The van der Waals surface area contributed by atoms with Crippen LogP contribution >= 0.6 is 20.7 Å². The van der Waals surface area contributed by atoms with E-state index in [1.165, 1.54) is 4.88 Å². The van der Waals surface area contributed by atoms with E-state index in [1.54, 1.807) is 27.8 Å². The van der Waals surface area contributed by atoms with Gasteiger partial charge in [0.25, 0.3) is 0 Å². The summed E-state index contributed by atoms with van der Waals surface area (Å²) in [6.07, 6.45) is 0.447. The largest absolute Gasteiger partial charge is 0.497 e. The van der Waals surface area contributed by atoms with Crippen molar-refractivity contribution in [1.29, 1.82) is 0 Å². The van der Waals surface area contributed by atoms with Crippen LogP contribution in [0.3, 0.4) is 0 Å². The highest BCUT2D eigenvalue weighted by Gasteiger charge is 2.33. The Balaban J connectivity index is 1.85. The Hall–Kier alpha value is -2.64. The van der Waals surface area contributed by atoms with Crippen LogP contribution in [-0.4, -0.2) is 13.0 Å². The molecular weight excluding hydrogens is 402 g/mol. The number of nitrogens with zero attached hydrogens (tertiary/aromatic N) is 1. The lowest BCUT2D eigenvalue weighted by molar-refractivity contribution is -0.115. The molecule has 150 valence electrons. The second-order valence-electron chi connectivity index (χ2n) is 7.40. The van der Waals surface area contributed by atoms with Gasteiger partial charge in [0.05, 0.1) is 23.2 Å². The minimum atomic E-state index is -0.178. The summed E-state index contributed by atoms with van der Waals surface area (Å²) in [6.45, 7) is 6.21. The highest BCUT2D eigenvalue weighted by Crippen LogP contribution is 2.46. The van der Waals surface area contributed by atoms with Crippen molar-refractivity contribution in [3.63, 3.8) is 0 Å². The molecule has 2 heterocycles. The van der Waals surface area contributed by atoms with Gasteiger partial charge in [-0.3, -0.25) is 4.79 Å². The fourth-order valence-electron chi connectivity index (χ4n) is 3.37. The van der Waals surface area contributed by atoms with E-state index in [-0.39, 0.29) is 11.4 Å². The molecule has 29 heavy (non-hydrogen) atoms. The first-order valence-corrected chi connectivity index (χ1v) is 11.6. The van der Waals surface area contributed by atoms with Gasteiger partial charge in [-0.15, -0.1) is 0 Å². The number of hydrogen-bond acceptors (Lipinski definition) is 6. The summed E-state index contributed by atoms with van der Waals surface area (Å²) in [5.74, 6) is 0.814. The standard InChI is InChI=1S/C22H23N3O2S2/c1-5-18(26)23-13-7-6-8-14(11-13)24-21-19-16-12-15(27-4)9-10-17(16)25-22(2,3)20(19)28-29-21/h6-12,25H,5H2,1-4H3,(H,23,26). The fraction of sp³-hybridized carbons (Fsp3) is 0.273. The Bertz CT molecular complexity index is 1140. The maximum atomic E-state index is 11.7. The molecule has 4 rings (SSSR count). The van der Waals surface area contributed by atoms with Gasteiger partial charge >= 0.3 is 0 Å². The number of methoxy groups -OCH3 is 1. The van der Waals surface area contributed by atoms with Gasteiger partial charge in [-0.05, 0) is 50.2 Å². The van der Waals surface area contributed by atoms with Crippen LogP contribution in [0.5, 0.6) is 5.75 Å². The number of carbonyl (C=O) groups excluding carboxylic acids is 1. The maximum Gasteiger partial charge on any atom is 0.224 e. The first kappa shape index (κ1) is 19.7. The molecule has 0 aliphatic carbocycles. The van der Waals surface area contributed by atoms with Crippen LogP contribution in [0, 0.1) is 0 Å². The topological polar surface area (TPSA) is 62.7 Å². The van der Waals surface area contributed by atoms with E-state index in [1.807, 2.05) is 37.3 Å². The number of carbonyl (C=O) groups is 1. The molecule has 0 fully saturated rings. The van der Waals surface area contributed by atoms with Crippen molar-refractivity contribution in [3.05, 3.63) is 52.0 Å². The average Bonchev–Trinajstić information content (AvgIpc) is 3.13. The van der Waals surface area contributed by atoms with Crippen LogP contribution in [0.2, 0.25) is 0 Å². The van der Waals surface area contributed by atoms with Gasteiger partial charge < -0.3 is 15.4 Å². The molecular formula is C22H23N3O2S2. The number of hydrogen-bond donors (Lipinski definition) is 2. The van der Waals surface area contributed by atoms with Gasteiger partial charge in [0, 0.05) is 28.9 Å². The first-order valence-electron chi connectivity index (χ1n) is 9.46. The molecule has 0 saturated carbocycles. The average molecular weight is 426 g/mol. The second kappa shape index (κ2) is 7.65. The van der Waals surface area contributed by atoms with E-state index >= 15 is 0 Å². The minimum absolute atomic E-state index is 0.00767. The Morgan fingerprint density at radius 3 is 2.79 bits per heavy atom. The summed E-state index contributed by atoms with van der Waals surface area (Å²) >= 11 is 0. The molecule has 1 amide bonds. The normalized spacial score (nSPS) is 14.6. The molecule has 0 saturated heterocycles. The third kappa shape index (κ3) is 3.80. The summed E-state index contributed by atoms with van der Waals surface area (Å²) < 4.78 is 6.42. The number of rotatable bonds is 4. The van der Waals surface area contributed by atoms with Crippen molar-refractivity contribution < 1.29 is 9.53 Å². The molecule has 2 N–H and O–H groups in total. The van der Waals surface area contributed by atoms with Gasteiger partial charge in [0.2, 0.25) is 5.91 Å². The molecule has 3 aromatic rings. The van der Waals surface area contributed by atoms with E-state index in [0.29, 0.717) is 6.42 Å². The van der Waals surface area contributed by atoms with Crippen LogP contribution in [0.25, 0.3) is 11.1 Å². The zero-order valence-corrected chi connectivity index (χ0v) is 18.5. The summed E-state index contributed by atoms with van der Waals surface area (Å²) in [6, 6.07) is 13.8. The Kier molecular flexibility index (Phi) is 5.19. The zero-order valence-electron chi connectivity index (χ0n) is 16.8. The van der Waals surface area contributed by atoms with Gasteiger partial charge in [-0.25, -0.2) is 4.99 Å². The number of nitrogens with one attached hydrogen (secondary N) is 2. The lowest BCUT2D eigenvalue weighted by atomic mass is 9.90. The number of anilines is 2. The van der Waals surface area contributed by atoms with Crippen molar-refractivity contribution >= 4 is 43.7 Å². The van der Waals surface area contributed by atoms with E-state index in [4.69, 9.17) is 9.73 Å². The molecule has 0 atom stereocenters. The number of amides is 1. The molecule has 1 aromatic heterocycles. The third-order valence-corrected chi connectivity index (χ3v) is 7.48. The van der Waals surface area contributed by atoms with E-state index in [0.717, 1.165) is 38.6 Å². The molecule has 0 bridgehead atoms. The Morgan fingerprint density at radius 1 is 1.21 bits per heavy atom. The molecule has 1 aliphatic rings. The number of fused-ring (bicyclic) bond motifs is 3. The summed E-state index contributed by atoms with van der Waals surface area (Å²) in [5.41, 5.74) is 4.73. The quantitative estimate of drug-likeness (QED) is 0.525. The van der Waals surface area contributed by atoms with Crippen molar-refractivity contribution in [2.75, 3.05) is 17.7 Å². The molecule has 0 spiro atoms. The van der Waals surface area contributed by atoms with Crippen molar-refractivity contribution in [1.82, 2.24) is 0 Å². The summed E-state index contributed by atoms with van der Waals surface area (Å²) in [5, 5.41) is 6.53. The predicted octanol–water partition coefficient (Wildman–Crippen LogP) is 5.73. The molecule has 0 radical (unpaired) electrons. The summed E-state index contributed by atoms with van der Waals surface area (Å²) in [7, 11) is 5.10. The fourth-order valence-corrected chi connectivity index (χ4v) is 6.31. The lowest BCUT2D eigenvalue weighted by Crippen LogP contribution is -2.31. The first-order chi connectivity index (χ1) is 13.9. The van der Waals surface area contributed by atoms with E-state index < -0.39 is 0 Å². The monoisotopic (exact) mass is 425 g/mol. The number of ether oxygens (including phenoxy) is 1. The second-order valence-corrected chi connectivity index (χ2v) is 9.53. The van der Waals surface area contributed by atoms with Crippen LogP contribution in [-0.2, 0) is 10.3 Å². The van der Waals surface area contributed by atoms with Gasteiger partial charge in [-0.2, -0.15) is 0 Å². The molecule has 1 aliphatic heterocycles. The smallest absolute Gasteiger partial charge is 0.224 e. The molecule has 0 unspecified atom stereocenters. The van der Waals surface area contributed by atoms with Gasteiger partial charge in [0.1, 0.15) is 10.4 Å². The highest BCUT2D eigenvalue weighted by atomic mass is 32.9. The maximum absolute atomic E-state index is 11.7. The van der Waals surface area contributed by atoms with Crippen LogP contribution in [0.1, 0.15) is 32.1 Å². The Labute approximate surface area is 177 Å². The Morgan fingerprint density at radius 2 is 2.03 bits per heavy atom. The molecule has 2 aromatic carbocycles. The van der Waals surface area contributed by atoms with Gasteiger partial charge in [-0.1, -0.05) is 33.7 Å². The van der Waals surface area contributed by atoms with Crippen LogP contribution in [0.4, 0.5) is 17.1 Å². The van der Waals surface area contributed by atoms with Gasteiger partial charge in [0.15, 0.2) is 0 Å². The lowest BCUT2D eigenvalue weighted by Gasteiger charge is -2.33. The zero-order chi connectivity index (χ0) is 20.6. The predicted molar refractivity (Wildman–Crippen MR) is 121 cm³/mol. The van der Waals surface area contributed by atoms with Crippen LogP contribution < -0.4 is 20.0 Å². The molecule has 7 heteroatoms. The molecule has 5 nitrogen and oxygen atoms in total. The third-order valence-electron chi connectivity index (χ3n) is 4.84. The highest BCUT2D eigenvalue weighted by molar-refractivity contribution is 7.68. The SMILES string of the molecule is CCC(=O)Nc1cccc(N=c2ssc3c2-c2cc(OC)ccc2NC3(C)C)c1.